The topological polar surface area (TPSA) is 51.2 Å². The van der Waals surface area contributed by atoms with Gasteiger partial charge in [0.25, 0.3) is 5.91 Å². The van der Waals surface area contributed by atoms with Gasteiger partial charge in [-0.25, -0.2) is 4.98 Å². The number of rotatable bonds is 6. The van der Waals surface area contributed by atoms with E-state index < -0.39 is 0 Å². The molecule has 1 saturated heterocycles. The second-order valence-corrected chi connectivity index (χ2v) is 7.26. The maximum absolute atomic E-state index is 12.0. The van der Waals surface area contributed by atoms with Crippen LogP contribution in [0, 0.1) is 0 Å². The van der Waals surface area contributed by atoms with E-state index in [1.165, 1.54) is 4.88 Å². The van der Waals surface area contributed by atoms with E-state index in [4.69, 9.17) is 4.74 Å². The molecule has 3 heterocycles. The third kappa shape index (κ3) is 4.24. The van der Waals surface area contributed by atoms with Crippen LogP contribution >= 0.6 is 23.1 Å². The van der Waals surface area contributed by atoms with Crippen molar-refractivity contribution < 1.29 is 9.53 Å². The smallest absolute Gasteiger partial charge is 0.252 e. The van der Waals surface area contributed by atoms with Crippen LogP contribution in [0.2, 0.25) is 0 Å². The Balaban J connectivity index is 1.47. The average Bonchev–Trinajstić information content (AvgIpc) is 3.21. The Morgan fingerprint density at radius 2 is 2.36 bits per heavy atom. The Bertz CT molecular complexity index is 593. The zero-order valence-corrected chi connectivity index (χ0v) is 13.8. The monoisotopic (exact) mass is 334 g/mol. The summed E-state index contributed by atoms with van der Waals surface area (Å²) in [5.41, 5.74) is 0.569. The summed E-state index contributed by atoms with van der Waals surface area (Å²) >= 11 is 3.61. The highest BCUT2D eigenvalue weighted by Crippen LogP contribution is 2.21. The molecule has 0 aromatic carbocycles. The first-order valence-electron chi connectivity index (χ1n) is 7.32. The second-order valence-electron chi connectivity index (χ2n) is 5.07. The van der Waals surface area contributed by atoms with Gasteiger partial charge in [-0.2, -0.15) is 11.8 Å². The van der Waals surface area contributed by atoms with Gasteiger partial charge in [-0.15, -0.1) is 11.3 Å². The van der Waals surface area contributed by atoms with E-state index in [1.54, 1.807) is 29.7 Å². The highest BCUT2D eigenvalue weighted by Gasteiger charge is 2.17. The van der Waals surface area contributed by atoms with Crippen LogP contribution in [0.25, 0.3) is 0 Å². The van der Waals surface area contributed by atoms with Crippen LogP contribution < -0.4 is 10.1 Å². The first-order chi connectivity index (χ1) is 10.8. The number of hydrogen-bond donors (Lipinski definition) is 1. The maximum atomic E-state index is 12.0. The molecular formula is C16H18N2O2S2. The van der Waals surface area contributed by atoms with Crippen LogP contribution in [0.1, 0.15) is 21.7 Å². The fourth-order valence-corrected chi connectivity index (χ4v) is 4.02. The molecule has 0 bridgehead atoms. The van der Waals surface area contributed by atoms with Gasteiger partial charge in [-0.05, 0) is 36.1 Å². The third-order valence-electron chi connectivity index (χ3n) is 3.41. The molecule has 22 heavy (non-hydrogen) atoms. The number of pyridine rings is 1. The van der Waals surface area contributed by atoms with Crippen molar-refractivity contribution in [1.82, 2.24) is 10.3 Å². The number of amides is 1. The highest BCUT2D eigenvalue weighted by molar-refractivity contribution is 7.99. The first kappa shape index (κ1) is 15.4. The molecule has 2 aromatic rings. The van der Waals surface area contributed by atoms with Gasteiger partial charge >= 0.3 is 0 Å². The molecule has 116 valence electrons. The summed E-state index contributed by atoms with van der Waals surface area (Å²) in [4.78, 5) is 17.5. The lowest BCUT2D eigenvalue weighted by Crippen LogP contribution is -2.25. The number of thioether (sulfide) groups is 1. The molecule has 2 aromatic heterocycles. The van der Waals surface area contributed by atoms with Gasteiger partial charge < -0.3 is 10.1 Å². The van der Waals surface area contributed by atoms with E-state index in [2.05, 4.69) is 16.4 Å². The van der Waals surface area contributed by atoms with E-state index in [9.17, 15) is 4.79 Å². The van der Waals surface area contributed by atoms with E-state index in [0.717, 1.165) is 24.3 Å². The molecular weight excluding hydrogens is 316 g/mol. The molecule has 1 amide bonds. The minimum atomic E-state index is -0.0907. The summed E-state index contributed by atoms with van der Waals surface area (Å²) in [6.45, 7) is 0.636. The second kappa shape index (κ2) is 7.65. The Hall–Kier alpha value is -1.53. The number of carbonyl (C=O) groups is 1. The van der Waals surface area contributed by atoms with Crippen LogP contribution in [0.5, 0.6) is 5.88 Å². The predicted octanol–water partition coefficient (Wildman–Crippen LogP) is 3.00. The van der Waals surface area contributed by atoms with Gasteiger partial charge in [0.15, 0.2) is 0 Å². The number of nitrogens with one attached hydrogen (secondary N) is 1. The molecule has 0 spiro atoms. The zero-order chi connectivity index (χ0) is 15.2. The lowest BCUT2D eigenvalue weighted by Gasteiger charge is -2.11. The summed E-state index contributed by atoms with van der Waals surface area (Å²) in [5, 5.41) is 4.96. The zero-order valence-electron chi connectivity index (χ0n) is 12.2. The van der Waals surface area contributed by atoms with Crippen molar-refractivity contribution in [3.05, 3.63) is 46.3 Å². The largest absolute Gasteiger partial charge is 0.473 e. The molecule has 4 nitrogen and oxygen atoms in total. The third-order valence-corrected chi connectivity index (χ3v) is 5.48. The summed E-state index contributed by atoms with van der Waals surface area (Å²) in [6.07, 6.45) is 3.76. The van der Waals surface area contributed by atoms with Crippen LogP contribution in [0.3, 0.4) is 0 Å². The number of thiophene rings is 1. The van der Waals surface area contributed by atoms with Crippen molar-refractivity contribution >= 4 is 29.0 Å². The summed E-state index contributed by atoms with van der Waals surface area (Å²) in [7, 11) is 0. The van der Waals surface area contributed by atoms with Crippen molar-refractivity contribution in [3.63, 3.8) is 0 Å². The molecule has 1 atom stereocenters. The van der Waals surface area contributed by atoms with Crippen LogP contribution in [0.4, 0.5) is 0 Å². The fraction of sp³-hybridized carbons (Fsp3) is 0.375. The molecule has 1 aliphatic rings. The van der Waals surface area contributed by atoms with Gasteiger partial charge in [0.2, 0.25) is 5.88 Å². The molecule has 1 N–H and O–H groups in total. The summed E-state index contributed by atoms with van der Waals surface area (Å²) in [5.74, 6) is 2.68. The van der Waals surface area contributed by atoms with E-state index in [0.29, 0.717) is 18.0 Å². The van der Waals surface area contributed by atoms with Gasteiger partial charge in [-0.3, -0.25) is 4.79 Å². The van der Waals surface area contributed by atoms with Gasteiger partial charge in [-0.1, -0.05) is 6.07 Å². The fourth-order valence-electron chi connectivity index (χ4n) is 2.22. The molecule has 0 aliphatic carbocycles. The number of aromatic nitrogens is 1. The molecule has 3 rings (SSSR count). The molecule has 1 unspecified atom stereocenters. The number of carbonyl (C=O) groups excluding carboxylic acids is 1. The van der Waals surface area contributed by atoms with E-state index >= 15 is 0 Å². The van der Waals surface area contributed by atoms with Crippen LogP contribution in [-0.4, -0.2) is 35.0 Å². The van der Waals surface area contributed by atoms with Crippen LogP contribution in [-0.2, 0) is 6.42 Å². The van der Waals surface area contributed by atoms with E-state index in [1.807, 2.05) is 23.2 Å². The standard InChI is InChI=1S/C16H18N2O2S2/c19-16(17-7-5-14-2-1-8-22-14)12-3-4-15(18-10-12)20-13-6-9-21-11-13/h1-4,8,10,13H,5-7,9,11H2,(H,17,19). The Labute approximate surface area is 138 Å². The van der Waals surface area contributed by atoms with Crippen molar-refractivity contribution in [2.24, 2.45) is 0 Å². The Morgan fingerprint density at radius 1 is 1.41 bits per heavy atom. The van der Waals surface area contributed by atoms with Crippen molar-refractivity contribution in [1.29, 1.82) is 0 Å². The van der Waals surface area contributed by atoms with Crippen molar-refractivity contribution in [2.75, 3.05) is 18.1 Å². The lowest BCUT2D eigenvalue weighted by molar-refractivity contribution is 0.0953. The molecule has 1 aliphatic heterocycles. The molecule has 1 fully saturated rings. The number of nitrogens with zero attached hydrogens (tertiary/aromatic N) is 1. The predicted molar refractivity (Wildman–Crippen MR) is 91.0 cm³/mol. The SMILES string of the molecule is O=C(NCCc1cccs1)c1ccc(OC2CCSC2)nc1. The minimum absolute atomic E-state index is 0.0907. The van der Waals surface area contributed by atoms with Gasteiger partial charge in [0.1, 0.15) is 6.10 Å². The van der Waals surface area contributed by atoms with Gasteiger partial charge in [0.05, 0.1) is 5.56 Å². The number of hydrogen-bond acceptors (Lipinski definition) is 5. The quantitative estimate of drug-likeness (QED) is 0.882. The Kier molecular flexibility index (Phi) is 5.34. The lowest BCUT2D eigenvalue weighted by atomic mass is 10.2. The summed E-state index contributed by atoms with van der Waals surface area (Å²) < 4.78 is 5.78. The molecule has 6 heteroatoms. The molecule has 0 saturated carbocycles. The molecule has 0 radical (unpaired) electrons. The van der Waals surface area contributed by atoms with Crippen molar-refractivity contribution in [3.8, 4) is 5.88 Å². The minimum Gasteiger partial charge on any atom is -0.473 e. The summed E-state index contributed by atoms with van der Waals surface area (Å²) in [6, 6.07) is 7.64. The normalized spacial score (nSPS) is 17.4. The van der Waals surface area contributed by atoms with E-state index in [-0.39, 0.29) is 12.0 Å². The van der Waals surface area contributed by atoms with Crippen molar-refractivity contribution in [2.45, 2.75) is 18.9 Å². The average molecular weight is 334 g/mol. The maximum Gasteiger partial charge on any atom is 0.252 e. The highest BCUT2D eigenvalue weighted by atomic mass is 32.2. The number of ether oxygens (including phenoxy) is 1. The van der Waals surface area contributed by atoms with Gasteiger partial charge in [0, 0.05) is 29.4 Å². The Morgan fingerprint density at radius 3 is 3.05 bits per heavy atom. The first-order valence-corrected chi connectivity index (χ1v) is 9.36. The van der Waals surface area contributed by atoms with Crippen LogP contribution in [0.15, 0.2) is 35.8 Å².